The minimum atomic E-state index is 0.163. The zero-order valence-electron chi connectivity index (χ0n) is 17.4. The van der Waals surface area contributed by atoms with Crippen molar-refractivity contribution < 1.29 is 9.52 Å². The summed E-state index contributed by atoms with van der Waals surface area (Å²) in [6.45, 7) is 0. The molecule has 0 aliphatic rings. The number of fused-ring (bicyclic) bond motifs is 1. The molecule has 0 unspecified atom stereocenters. The Morgan fingerprint density at radius 1 is 0.879 bits per heavy atom. The highest BCUT2D eigenvalue weighted by Gasteiger charge is 2.10. The second-order valence-corrected chi connectivity index (χ2v) is 9.38. The van der Waals surface area contributed by atoms with Crippen LogP contribution in [0.15, 0.2) is 103 Å². The highest BCUT2D eigenvalue weighted by molar-refractivity contribution is 9.10. The number of hydrogen-bond donors (Lipinski definition) is 1. The van der Waals surface area contributed by atoms with Gasteiger partial charge in [0.25, 0.3) is 0 Å². The van der Waals surface area contributed by atoms with E-state index in [0.29, 0.717) is 21.5 Å². The summed E-state index contributed by atoms with van der Waals surface area (Å²) in [5.41, 5.74) is 5.99. The van der Waals surface area contributed by atoms with E-state index in [0.717, 1.165) is 33.2 Å². The van der Waals surface area contributed by atoms with Crippen LogP contribution in [0.3, 0.4) is 0 Å². The first-order chi connectivity index (χ1) is 16.0. The average Bonchev–Trinajstić information content (AvgIpc) is 3.25. The summed E-state index contributed by atoms with van der Waals surface area (Å²) < 4.78 is 7.54. The van der Waals surface area contributed by atoms with Gasteiger partial charge in [0.05, 0.1) is 10.2 Å². The Morgan fingerprint density at radius 3 is 2.45 bits per heavy atom. The van der Waals surface area contributed by atoms with Gasteiger partial charge in [-0.05, 0) is 88.1 Å². The largest absolute Gasteiger partial charge is 0.506 e. The van der Waals surface area contributed by atoms with E-state index in [1.165, 1.54) is 5.56 Å². The van der Waals surface area contributed by atoms with Gasteiger partial charge in [-0.25, -0.2) is 4.98 Å². The maximum Gasteiger partial charge on any atom is 0.227 e. The minimum Gasteiger partial charge on any atom is -0.506 e. The first-order valence-corrected chi connectivity index (χ1v) is 11.9. The van der Waals surface area contributed by atoms with Crippen molar-refractivity contribution in [2.45, 2.75) is 6.42 Å². The third kappa shape index (κ3) is 4.92. The van der Waals surface area contributed by atoms with Crippen molar-refractivity contribution in [1.82, 2.24) is 4.98 Å². The molecule has 5 aromatic rings. The third-order valence-corrected chi connectivity index (χ3v) is 6.35. The number of aliphatic imine (C=N–C) groups is 1. The summed E-state index contributed by atoms with van der Waals surface area (Å²) in [6.07, 6.45) is 2.44. The van der Waals surface area contributed by atoms with Crippen LogP contribution in [0.25, 0.3) is 22.6 Å². The molecule has 0 aliphatic heterocycles. The number of rotatable bonds is 5. The molecule has 6 heteroatoms. The van der Waals surface area contributed by atoms with Crippen molar-refractivity contribution in [2.24, 2.45) is 4.99 Å². The lowest BCUT2D eigenvalue weighted by atomic mass is 10.0. The van der Waals surface area contributed by atoms with Gasteiger partial charge in [-0.15, -0.1) is 0 Å². The highest BCUT2D eigenvalue weighted by atomic mass is 79.9. The molecule has 0 spiro atoms. The Labute approximate surface area is 207 Å². The maximum atomic E-state index is 10.5. The molecule has 4 nitrogen and oxygen atoms in total. The highest BCUT2D eigenvalue weighted by Crippen LogP contribution is 2.31. The Kier molecular flexibility index (Phi) is 6.11. The summed E-state index contributed by atoms with van der Waals surface area (Å²) in [4.78, 5) is 9.18. The summed E-state index contributed by atoms with van der Waals surface area (Å²) in [5.74, 6) is 0.726. The smallest absolute Gasteiger partial charge is 0.227 e. The zero-order valence-corrected chi connectivity index (χ0v) is 20.5. The van der Waals surface area contributed by atoms with Crippen LogP contribution < -0.4 is 0 Å². The van der Waals surface area contributed by atoms with E-state index in [1.807, 2.05) is 72.8 Å². The van der Waals surface area contributed by atoms with Gasteiger partial charge >= 0.3 is 0 Å². The van der Waals surface area contributed by atoms with Crippen LogP contribution in [0, 0.1) is 0 Å². The number of aromatic nitrogens is 1. The Hall–Kier alpha value is -3.22. The van der Waals surface area contributed by atoms with E-state index in [4.69, 9.17) is 4.42 Å². The maximum absolute atomic E-state index is 10.5. The van der Waals surface area contributed by atoms with Crippen molar-refractivity contribution in [1.29, 1.82) is 0 Å². The molecule has 0 saturated heterocycles. The van der Waals surface area contributed by atoms with E-state index in [1.54, 1.807) is 6.21 Å². The number of hydrogen-bond acceptors (Lipinski definition) is 4. The molecule has 5 rings (SSSR count). The van der Waals surface area contributed by atoms with E-state index in [-0.39, 0.29) is 5.75 Å². The Bertz CT molecular complexity index is 1460. The first kappa shape index (κ1) is 21.6. The second kappa shape index (κ2) is 9.33. The molecule has 0 bridgehead atoms. The normalized spacial score (nSPS) is 11.5. The van der Waals surface area contributed by atoms with Crippen molar-refractivity contribution in [3.05, 3.63) is 111 Å². The van der Waals surface area contributed by atoms with E-state index in [9.17, 15) is 5.11 Å². The second-order valence-electron chi connectivity index (χ2n) is 7.61. The van der Waals surface area contributed by atoms with Gasteiger partial charge in [-0.1, -0.05) is 46.3 Å². The SMILES string of the molecule is Oc1c(Br)cc(Cc2ccccc2)cc1C=Nc1ccc2oc(-c3ccc(Br)cc3)nc2c1. The molecule has 1 heterocycles. The van der Waals surface area contributed by atoms with Gasteiger partial charge in [-0.2, -0.15) is 0 Å². The average molecular weight is 562 g/mol. The molecule has 0 atom stereocenters. The Balaban J connectivity index is 1.42. The molecule has 33 heavy (non-hydrogen) atoms. The van der Waals surface area contributed by atoms with Gasteiger partial charge in [0, 0.05) is 21.8 Å². The van der Waals surface area contributed by atoms with Crippen molar-refractivity contribution in [2.75, 3.05) is 0 Å². The van der Waals surface area contributed by atoms with Crippen LogP contribution in [0.5, 0.6) is 5.75 Å². The van der Waals surface area contributed by atoms with Crippen LogP contribution in [-0.4, -0.2) is 16.3 Å². The van der Waals surface area contributed by atoms with Crippen molar-refractivity contribution >= 4 is 54.9 Å². The molecule has 162 valence electrons. The van der Waals surface area contributed by atoms with Gasteiger partial charge in [0.15, 0.2) is 5.58 Å². The first-order valence-electron chi connectivity index (χ1n) is 10.3. The molecule has 1 N–H and O–H groups in total. The number of benzene rings is 4. The number of phenols is 1. The number of phenolic OH excluding ortho intramolecular Hbond substituents is 1. The molecule has 4 aromatic carbocycles. The summed E-state index contributed by atoms with van der Waals surface area (Å²) in [7, 11) is 0. The van der Waals surface area contributed by atoms with Gasteiger partial charge in [-0.3, -0.25) is 4.99 Å². The summed E-state index contributed by atoms with van der Waals surface area (Å²) in [5, 5.41) is 10.5. The fourth-order valence-corrected chi connectivity index (χ4v) is 4.35. The number of halogens is 2. The minimum absolute atomic E-state index is 0.163. The van der Waals surface area contributed by atoms with Crippen molar-refractivity contribution in [3.8, 4) is 17.2 Å². The predicted molar refractivity (Wildman–Crippen MR) is 139 cm³/mol. The number of aromatic hydroxyl groups is 1. The van der Waals surface area contributed by atoms with Crippen LogP contribution in [0.4, 0.5) is 5.69 Å². The van der Waals surface area contributed by atoms with Crippen LogP contribution >= 0.6 is 31.9 Å². The fourth-order valence-electron chi connectivity index (χ4n) is 3.57. The van der Waals surface area contributed by atoms with Crippen molar-refractivity contribution in [3.63, 3.8) is 0 Å². The van der Waals surface area contributed by atoms with Gasteiger partial charge in [0.2, 0.25) is 5.89 Å². The lowest BCUT2D eigenvalue weighted by Crippen LogP contribution is -1.92. The quantitative estimate of drug-likeness (QED) is 0.221. The predicted octanol–water partition coefficient (Wildman–Crippen LogP) is 8.07. The standard InChI is InChI=1S/C27H18Br2N2O2/c28-21-8-6-19(7-9-21)27-31-24-15-22(10-11-25(24)33-27)30-16-20-13-18(14-23(29)26(20)32)12-17-4-2-1-3-5-17/h1-11,13-16,32H,12H2. The van der Waals surface area contributed by atoms with E-state index >= 15 is 0 Å². The third-order valence-electron chi connectivity index (χ3n) is 5.22. The van der Waals surface area contributed by atoms with Gasteiger partial charge < -0.3 is 9.52 Å². The lowest BCUT2D eigenvalue weighted by molar-refractivity contribution is 0.471. The molecule has 0 aliphatic carbocycles. The zero-order chi connectivity index (χ0) is 22.8. The molecule has 1 aromatic heterocycles. The topological polar surface area (TPSA) is 58.6 Å². The molecule has 0 fully saturated rings. The molecular formula is C27H18Br2N2O2. The summed E-state index contributed by atoms with van der Waals surface area (Å²) >= 11 is 6.90. The molecule has 0 amide bonds. The van der Waals surface area contributed by atoms with E-state index in [2.05, 4.69) is 54.0 Å². The lowest BCUT2D eigenvalue weighted by Gasteiger charge is -2.07. The van der Waals surface area contributed by atoms with Crippen LogP contribution in [-0.2, 0) is 6.42 Å². The molecular weight excluding hydrogens is 544 g/mol. The van der Waals surface area contributed by atoms with E-state index < -0.39 is 0 Å². The monoisotopic (exact) mass is 560 g/mol. The number of nitrogens with zero attached hydrogens (tertiary/aromatic N) is 2. The molecule has 0 radical (unpaired) electrons. The number of oxazole rings is 1. The fraction of sp³-hybridized carbons (Fsp3) is 0.0370. The Morgan fingerprint density at radius 2 is 1.67 bits per heavy atom. The summed E-state index contributed by atoms with van der Waals surface area (Å²) in [6, 6.07) is 27.5. The molecule has 0 saturated carbocycles. The van der Waals surface area contributed by atoms with Crippen LogP contribution in [0.1, 0.15) is 16.7 Å². The van der Waals surface area contributed by atoms with Crippen LogP contribution in [0.2, 0.25) is 0 Å². The van der Waals surface area contributed by atoms with Gasteiger partial charge in [0.1, 0.15) is 11.3 Å².